The second-order valence-electron chi connectivity index (χ2n) is 13.8. The number of nitrogens with zero attached hydrogens (tertiary/aromatic N) is 2. The lowest BCUT2D eigenvalue weighted by Gasteiger charge is -2.13. The largest absolute Gasteiger partial charge is 0.452 e. The van der Waals surface area contributed by atoms with Crippen molar-refractivity contribution in [1.29, 1.82) is 0 Å². The zero-order valence-corrected chi connectivity index (χ0v) is 29.9. The van der Waals surface area contributed by atoms with Gasteiger partial charge in [0.05, 0.1) is 0 Å². The van der Waals surface area contributed by atoms with Crippen LogP contribution in [0.1, 0.15) is 0 Å². The van der Waals surface area contributed by atoms with Crippen LogP contribution in [0.5, 0.6) is 0 Å². The first kappa shape index (κ1) is 32.3. The fourth-order valence-corrected chi connectivity index (χ4v) is 7.47. The maximum Gasteiger partial charge on any atom is 0.180 e. The van der Waals surface area contributed by atoms with E-state index in [2.05, 4.69) is 170 Å². The molecule has 0 saturated heterocycles. The van der Waals surface area contributed by atoms with Gasteiger partial charge in [0.2, 0.25) is 0 Å². The topological polar surface area (TPSA) is 38.9 Å². The van der Waals surface area contributed by atoms with E-state index in [4.69, 9.17) is 14.4 Å². The van der Waals surface area contributed by atoms with Crippen LogP contribution in [0.3, 0.4) is 0 Å². The fourth-order valence-electron chi connectivity index (χ4n) is 7.47. The molecule has 0 saturated carbocycles. The third kappa shape index (κ3) is 6.28. The van der Waals surface area contributed by atoms with Gasteiger partial charge in [0.25, 0.3) is 0 Å². The van der Waals surface area contributed by atoms with Crippen LogP contribution >= 0.6 is 0 Å². The molecule has 8 aromatic carbocycles. The molecule has 0 amide bonds. The Labute approximate surface area is 319 Å². The maximum absolute atomic E-state index is 6.31. The summed E-state index contributed by atoms with van der Waals surface area (Å²) in [5.41, 5.74) is 16.9. The van der Waals surface area contributed by atoms with E-state index in [1.165, 1.54) is 44.5 Å². The van der Waals surface area contributed by atoms with Gasteiger partial charge >= 0.3 is 0 Å². The van der Waals surface area contributed by atoms with Crippen molar-refractivity contribution >= 4 is 22.1 Å². The van der Waals surface area contributed by atoms with E-state index >= 15 is 0 Å². The smallest absolute Gasteiger partial charge is 0.180 e. The Morgan fingerprint density at radius 3 is 1.27 bits per heavy atom. The molecule has 0 spiro atoms. The number of para-hydroxylation sites is 1. The fraction of sp³-hybridized carbons (Fsp3) is 0. The molecular weight excluding hydrogens is 669 g/mol. The molecule has 0 unspecified atom stereocenters. The Kier molecular flexibility index (Phi) is 8.16. The molecule has 2 heterocycles. The first-order valence-electron chi connectivity index (χ1n) is 18.6. The molecule has 0 N–H and O–H groups in total. The second-order valence-corrected chi connectivity index (χ2v) is 13.8. The minimum absolute atomic E-state index is 0.668. The third-order valence-electron chi connectivity index (χ3n) is 10.3. The number of aromatic nitrogens is 2. The van der Waals surface area contributed by atoms with Crippen LogP contribution in [0.2, 0.25) is 0 Å². The van der Waals surface area contributed by atoms with E-state index in [0.717, 1.165) is 44.4 Å². The molecule has 10 rings (SSSR count). The lowest BCUT2D eigenvalue weighted by atomic mass is 9.92. The van der Waals surface area contributed by atoms with E-state index in [9.17, 15) is 0 Å². The summed E-state index contributed by atoms with van der Waals surface area (Å²) in [6, 6.07) is 72.6. The lowest BCUT2D eigenvalue weighted by Crippen LogP contribution is -1.94. The summed E-state index contributed by atoms with van der Waals surface area (Å²) in [5.74, 6) is 0.668. The quantitative estimate of drug-likeness (QED) is 0.166. The van der Waals surface area contributed by atoms with Crippen molar-refractivity contribution in [2.24, 2.45) is 0 Å². The SMILES string of the molecule is c1ccc(-c2cc(-c3ccccc3)cc(-c3cccc(-c4cccc(-c5ccc(-c6nc(-c7ccccc7)c7oc8ccccc8c7n6)cc5)c4)c3)c2)cc1. The first-order valence-corrected chi connectivity index (χ1v) is 18.6. The summed E-state index contributed by atoms with van der Waals surface area (Å²) < 4.78 is 6.31. The average molecular weight is 703 g/mol. The highest BCUT2D eigenvalue weighted by Gasteiger charge is 2.18. The van der Waals surface area contributed by atoms with E-state index in [0.29, 0.717) is 11.4 Å². The van der Waals surface area contributed by atoms with Gasteiger partial charge in [-0.3, -0.25) is 0 Å². The van der Waals surface area contributed by atoms with Gasteiger partial charge in [-0.05, 0) is 98.1 Å². The minimum Gasteiger partial charge on any atom is -0.452 e. The Morgan fingerprint density at radius 2 is 0.691 bits per heavy atom. The summed E-state index contributed by atoms with van der Waals surface area (Å²) in [6.07, 6.45) is 0. The summed E-state index contributed by atoms with van der Waals surface area (Å²) in [6.45, 7) is 0. The summed E-state index contributed by atoms with van der Waals surface area (Å²) in [4.78, 5) is 10.1. The Hall–Kier alpha value is -7.36. The average Bonchev–Trinajstić information content (AvgIpc) is 3.66. The van der Waals surface area contributed by atoms with E-state index in [1.54, 1.807) is 0 Å². The number of benzene rings is 8. The summed E-state index contributed by atoms with van der Waals surface area (Å²) in [5, 5.41) is 0.983. The van der Waals surface area contributed by atoms with Crippen LogP contribution in [0, 0.1) is 0 Å². The molecular formula is C52H34N2O. The van der Waals surface area contributed by atoms with Crippen molar-refractivity contribution in [2.75, 3.05) is 0 Å². The van der Waals surface area contributed by atoms with Gasteiger partial charge in [0.15, 0.2) is 11.4 Å². The standard InChI is InChI=1S/C52H34N2O/c1-4-14-35(15-5-1)44-32-45(36-16-6-2-7-17-36)34-46(33-44)43-23-13-22-42(31-43)41-21-12-20-40(30-41)37-26-28-39(29-27-37)52-53-49(38-18-8-3-9-19-38)51-50(54-52)47-24-10-11-25-48(47)55-51/h1-34H. The molecule has 0 bridgehead atoms. The number of rotatable bonds is 7. The van der Waals surface area contributed by atoms with Crippen molar-refractivity contribution in [3.8, 4) is 78.3 Å². The molecule has 0 fully saturated rings. The predicted octanol–water partition coefficient (Wildman–Crippen LogP) is 14.0. The van der Waals surface area contributed by atoms with Crippen LogP contribution < -0.4 is 0 Å². The molecule has 0 aliphatic carbocycles. The number of fused-ring (bicyclic) bond motifs is 3. The van der Waals surface area contributed by atoms with Crippen molar-refractivity contribution in [1.82, 2.24) is 9.97 Å². The highest BCUT2D eigenvalue weighted by molar-refractivity contribution is 6.07. The summed E-state index contributed by atoms with van der Waals surface area (Å²) in [7, 11) is 0. The second kappa shape index (κ2) is 13.9. The van der Waals surface area contributed by atoms with Crippen molar-refractivity contribution in [2.45, 2.75) is 0 Å². The molecule has 3 heteroatoms. The Morgan fingerprint density at radius 1 is 0.291 bits per heavy atom. The molecule has 258 valence electrons. The number of furan rings is 1. The maximum atomic E-state index is 6.31. The zero-order valence-electron chi connectivity index (χ0n) is 29.9. The molecule has 2 aromatic heterocycles. The molecule has 55 heavy (non-hydrogen) atoms. The lowest BCUT2D eigenvalue weighted by molar-refractivity contribution is 0.667. The van der Waals surface area contributed by atoms with Crippen molar-refractivity contribution in [3.63, 3.8) is 0 Å². The molecule has 0 radical (unpaired) electrons. The molecule has 10 aromatic rings. The monoisotopic (exact) mass is 702 g/mol. The molecule has 3 nitrogen and oxygen atoms in total. The number of hydrogen-bond donors (Lipinski definition) is 0. The van der Waals surface area contributed by atoms with E-state index in [1.807, 2.05) is 36.4 Å². The van der Waals surface area contributed by atoms with Gasteiger partial charge in [-0.1, -0.05) is 164 Å². The van der Waals surface area contributed by atoms with Crippen LogP contribution in [-0.2, 0) is 0 Å². The van der Waals surface area contributed by atoms with Gasteiger partial charge in [-0.15, -0.1) is 0 Å². The first-order chi connectivity index (χ1) is 27.2. The van der Waals surface area contributed by atoms with E-state index < -0.39 is 0 Å². The number of hydrogen-bond acceptors (Lipinski definition) is 3. The van der Waals surface area contributed by atoms with Gasteiger partial charge < -0.3 is 4.42 Å². The Balaban J connectivity index is 0.993. The normalized spacial score (nSPS) is 11.3. The van der Waals surface area contributed by atoms with Gasteiger partial charge in [0.1, 0.15) is 16.8 Å². The van der Waals surface area contributed by atoms with Crippen LogP contribution in [-0.4, -0.2) is 9.97 Å². The van der Waals surface area contributed by atoms with Crippen molar-refractivity contribution < 1.29 is 4.42 Å². The van der Waals surface area contributed by atoms with Crippen molar-refractivity contribution in [3.05, 3.63) is 206 Å². The van der Waals surface area contributed by atoms with Crippen LogP contribution in [0.15, 0.2) is 211 Å². The minimum atomic E-state index is 0.668. The predicted molar refractivity (Wildman–Crippen MR) is 227 cm³/mol. The van der Waals surface area contributed by atoms with Crippen LogP contribution in [0.4, 0.5) is 0 Å². The van der Waals surface area contributed by atoms with E-state index in [-0.39, 0.29) is 0 Å². The van der Waals surface area contributed by atoms with Gasteiger partial charge in [-0.25, -0.2) is 9.97 Å². The van der Waals surface area contributed by atoms with Crippen LogP contribution in [0.25, 0.3) is 100 Å². The molecule has 0 aliphatic rings. The molecule has 0 atom stereocenters. The third-order valence-corrected chi connectivity index (χ3v) is 10.3. The highest BCUT2D eigenvalue weighted by Crippen LogP contribution is 2.37. The molecule has 0 aliphatic heterocycles. The van der Waals surface area contributed by atoms with Gasteiger partial charge in [0, 0.05) is 16.5 Å². The zero-order chi connectivity index (χ0) is 36.6. The summed E-state index contributed by atoms with van der Waals surface area (Å²) >= 11 is 0. The highest BCUT2D eigenvalue weighted by atomic mass is 16.3. The Bertz CT molecular complexity index is 2890. The van der Waals surface area contributed by atoms with Gasteiger partial charge in [-0.2, -0.15) is 0 Å².